The zero-order valence-electron chi connectivity index (χ0n) is 16.8. The predicted octanol–water partition coefficient (Wildman–Crippen LogP) is 4.40. The molecule has 0 atom stereocenters. The van der Waals surface area contributed by atoms with Crippen molar-refractivity contribution in [1.29, 1.82) is 0 Å². The molecule has 0 radical (unpaired) electrons. The van der Waals surface area contributed by atoms with Crippen LogP contribution in [-0.4, -0.2) is 24.4 Å². The number of para-hydroxylation sites is 1. The van der Waals surface area contributed by atoms with Crippen molar-refractivity contribution < 1.29 is 19.1 Å². The number of aryl methyl sites for hydroxylation is 2. The van der Waals surface area contributed by atoms with Crippen molar-refractivity contribution in [2.75, 3.05) is 17.2 Å². The summed E-state index contributed by atoms with van der Waals surface area (Å²) in [4.78, 5) is 36.9. The summed E-state index contributed by atoms with van der Waals surface area (Å²) in [5, 5.41) is 6.14. The molecule has 2 amide bonds. The number of benzene rings is 1. The lowest BCUT2D eigenvalue weighted by atomic mass is 9.96. The first-order chi connectivity index (χ1) is 13.1. The number of esters is 1. The zero-order valence-corrected chi connectivity index (χ0v) is 17.7. The van der Waals surface area contributed by atoms with E-state index in [0.29, 0.717) is 21.1 Å². The van der Waals surface area contributed by atoms with Gasteiger partial charge in [-0.2, -0.15) is 0 Å². The Bertz CT molecular complexity index is 881. The highest BCUT2D eigenvalue weighted by Gasteiger charge is 2.23. The molecule has 1 aromatic carbocycles. The van der Waals surface area contributed by atoms with Gasteiger partial charge in [0.15, 0.2) is 6.61 Å². The summed E-state index contributed by atoms with van der Waals surface area (Å²) >= 11 is 1.14. The molecule has 2 rings (SSSR count). The molecular formula is C21H26N2O4S. The topological polar surface area (TPSA) is 84.5 Å². The van der Waals surface area contributed by atoms with E-state index in [2.05, 4.69) is 10.6 Å². The maximum absolute atomic E-state index is 12.3. The lowest BCUT2D eigenvalue weighted by molar-refractivity contribution is -0.123. The highest BCUT2D eigenvalue weighted by Crippen LogP contribution is 2.29. The van der Waals surface area contributed by atoms with Gasteiger partial charge in [0.25, 0.3) is 5.91 Å². The van der Waals surface area contributed by atoms with Crippen LogP contribution >= 0.6 is 11.3 Å². The second-order valence-corrected chi connectivity index (χ2v) is 8.51. The first-order valence-electron chi connectivity index (χ1n) is 9.08. The van der Waals surface area contributed by atoms with Crippen LogP contribution in [0.1, 0.15) is 48.5 Å². The fourth-order valence-electron chi connectivity index (χ4n) is 2.38. The molecule has 0 aliphatic heterocycles. The average Bonchev–Trinajstić information content (AvgIpc) is 2.99. The number of hydrogen-bond donors (Lipinski definition) is 2. The van der Waals surface area contributed by atoms with Crippen molar-refractivity contribution in [3.05, 3.63) is 46.3 Å². The van der Waals surface area contributed by atoms with Crippen LogP contribution < -0.4 is 10.6 Å². The minimum atomic E-state index is -0.585. The molecule has 0 unspecified atom stereocenters. The highest BCUT2D eigenvalue weighted by molar-refractivity contribution is 7.18. The van der Waals surface area contributed by atoms with E-state index in [4.69, 9.17) is 4.74 Å². The van der Waals surface area contributed by atoms with E-state index < -0.39 is 17.3 Å². The summed E-state index contributed by atoms with van der Waals surface area (Å²) < 4.78 is 5.15. The minimum Gasteiger partial charge on any atom is -0.451 e. The van der Waals surface area contributed by atoms with Crippen molar-refractivity contribution in [2.45, 2.75) is 41.0 Å². The normalized spacial score (nSPS) is 11.0. The van der Waals surface area contributed by atoms with Crippen LogP contribution in [0, 0.1) is 12.3 Å². The van der Waals surface area contributed by atoms with Crippen LogP contribution in [0.25, 0.3) is 0 Å². The monoisotopic (exact) mass is 402 g/mol. The molecule has 0 aliphatic carbocycles. The summed E-state index contributed by atoms with van der Waals surface area (Å²) in [6, 6.07) is 9.21. The number of carbonyl (C=O) groups excluding carboxylic acids is 3. The van der Waals surface area contributed by atoms with Gasteiger partial charge in [-0.1, -0.05) is 45.9 Å². The van der Waals surface area contributed by atoms with Crippen LogP contribution in [0.4, 0.5) is 10.7 Å². The van der Waals surface area contributed by atoms with E-state index in [1.165, 1.54) is 0 Å². The molecule has 0 bridgehead atoms. The third-order valence-electron chi connectivity index (χ3n) is 4.03. The van der Waals surface area contributed by atoms with Crippen LogP contribution in [0.5, 0.6) is 0 Å². The van der Waals surface area contributed by atoms with E-state index in [1.807, 2.05) is 52.0 Å². The van der Waals surface area contributed by atoms with Gasteiger partial charge in [-0.3, -0.25) is 9.59 Å². The van der Waals surface area contributed by atoms with Crippen molar-refractivity contribution >= 4 is 39.8 Å². The Labute approximate surface area is 169 Å². The minimum absolute atomic E-state index is 0.136. The van der Waals surface area contributed by atoms with Crippen LogP contribution in [0.15, 0.2) is 30.3 Å². The van der Waals surface area contributed by atoms with Crippen LogP contribution in [0.3, 0.4) is 0 Å². The number of anilines is 2. The molecule has 2 aromatic rings. The van der Waals surface area contributed by atoms with Crippen LogP contribution in [-0.2, 0) is 20.7 Å². The van der Waals surface area contributed by atoms with Gasteiger partial charge >= 0.3 is 5.97 Å². The number of hydrogen-bond acceptors (Lipinski definition) is 5. The van der Waals surface area contributed by atoms with Gasteiger partial charge in [-0.05, 0) is 36.6 Å². The maximum Gasteiger partial charge on any atom is 0.349 e. The molecular weight excluding hydrogens is 376 g/mol. The second kappa shape index (κ2) is 9.01. The van der Waals surface area contributed by atoms with Crippen molar-refractivity contribution in [3.63, 3.8) is 0 Å². The first-order valence-corrected chi connectivity index (χ1v) is 9.90. The molecule has 7 heteroatoms. The van der Waals surface area contributed by atoms with Gasteiger partial charge in [-0.25, -0.2) is 4.79 Å². The summed E-state index contributed by atoms with van der Waals surface area (Å²) in [6.45, 7) is 8.82. The highest BCUT2D eigenvalue weighted by atomic mass is 32.1. The average molecular weight is 403 g/mol. The second-order valence-electron chi connectivity index (χ2n) is 7.46. The molecule has 0 spiro atoms. The molecule has 150 valence electrons. The third-order valence-corrected chi connectivity index (χ3v) is 5.16. The molecule has 0 saturated carbocycles. The van der Waals surface area contributed by atoms with Gasteiger partial charge < -0.3 is 15.4 Å². The van der Waals surface area contributed by atoms with E-state index in [0.717, 1.165) is 23.3 Å². The molecule has 28 heavy (non-hydrogen) atoms. The van der Waals surface area contributed by atoms with Gasteiger partial charge in [-0.15, -0.1) is 11.3 Å². The number of thiophene rings is 1. The molecule has 0 aliphatic rings. The molecule has 1 aromatic heterocycles. The Kier molecular flexibility index (Phi) is 6.96. The van der Waals surface area contributed by atoms with E-state index in [-0.39, 0.29) is 12.5 Å². The van der Waals surface area contributed by atoms with Gasteiger partial charge in [0.1, 0.15) is 4.88 Å². The van der Waals surface area contributed by atoms with Gasteiger partial charge in [0, 0.05) is 11.1 Å². The van der Waals surface area contributed by atoms with Gasteiger partial charge in [0.05, 0.1) is 5.00 Å². The smallest absolute Gasteiger partial charge is 0.349 e. The summed E-state index contributed by atoms with van der Waals surface area (Å²) in [6.07, 6.45) is 0.785. The first kappa shape index (κ1) is 21.6. The van der Waals surface area contributed by atoms with E-state index in [9.17, 15) is 14.4 Å². The number of rotatable bonds is 6. The SMILES string of the molecule is CCc1ccccc1NC(=O)COC(=O)c1sc(NC(=O)C(C)(C)C)cc1C. The van der Waals surface area contributed by atoms with E-state index in [1.54, 1.807) is 13.0 Å². The number of ether oxygens (including phenoxy) is 1. The Morgan fingerprint density at radius 1 is 1.11 bits per heavy atom. The molecule has 1 heterocycles. The number of amides is 2. The van der Waals surface area contributed by atoms with Crippen LogP contribution in [0.2, 0.25) is 0 Å². The van der Waals surface area contributed by atoms with E-state index >= 15 is 0 Å². The molecule has 0 fully saturated rings. The Morgan fingerprint density at radius 2 is 1.79 bits per heavy atom. The fraction of sp³-hybridized carbons (Fsp3) is 0.381. The van der Waals surface area contributed by atoms with Crippen molar-refractivity contribution in [2.24, 2.45) is 5.41 Å². The maximum atomic E-state index is 12.3. The largest absolute Gasteiger partial charge is 0.451 e. The predicted molar refractivity (Wildman–Crippen MR) is 112 cm³/mol. The standard InChI is InChI=1S/C21H26N2O4S/c1-6-14-9-7-8-10-15(14)22-16(24)12-27-19(25)18-13(2)11-17(28-18)23-20(26)21(3,4)5/h7-11H,6,12H2,1-5H3,(H,22,24)(H,23,26). The lowest BCUT2D eigenvalue weighted by Gasteiger charge is -2.16. The molecule has 6 nitrogen and oxygen atoms in total. The number of nitrogens with one attached hydrogen (secondary N) is 2. The molecule has 2 N–H and O–H groups in total. The van der Waals surface area contributed by atoms with Crippen molar-refractivity contribution in [1.82, 2.24) is 0 Å². The summed E-state index contributed by atoms with van der Waals surface area (Å²) in [5.41, 5.74) is 1.88. The molecule has 0 saturated heterocycles. The van der Waals surface area contributed by atoms with Crippen molar-refractivity contribution in [3.8, 4) is 0 Å². The Morgan fingerprint density at radius 3 is 2.43 bits per heavy atom. The van der Waals surface area contributed by atoms with Gasteiger partial charge in [0.2, 0.25) is 5.91 Å². The zero-order chi connectivity index (χ0) is 20.9. The Hall–Kier alpha value is -2.67. The summed E-state index contributed by atoms with van der Waals surface area (Å²) in [7, 11) is 0. The number of carbonyl (C=O) groups is 3. The third kappa shape index (κ3) is 5.66. The quantitative estimate of drug-likeness (QED) is 0.702. The Balaban J connectivity index is 1.96. The lowest BCUT2D eigenvalue weighted by Crippen LogP contribution is -2.27. The summed E-state index contributed by atoms with van der Waals surface area (Å²) in [5.74, 6) is -1.12. The fourth-order valence-corrected chi connectivity index (χ4v) is 3.34.